The quantitative estimate of drug-likeness (QED) is 0.831. The molecule has 1 aliphatic rings. The molecule has 0 aliphatic carbocycles. The molecule has 2 heterocycles. The molecule has 2 aromatic rings. The lowest BCUT2D eigenvalue weighted by molar-refractivity contribution is 0.177. The van der Waals surface area contributed by atoms with Gasteiger partial charge in [0.1, 0.15) is 5.75 Å². The van der Waals surface area contributed by atoms with Gasteiger partial charge in [0.15, 0.2) is 5.11 Å². The van der Waals surface area contributed by atoms with Crippen LogP contribution in [-0.4, -0.2) is 52.7 Å². The number of rotatable bonds is 5. The Balaban J connectivity index is 1.46. The second-order valence-corrected chi connectivity index (χ2v) is 6.39. The van der Waals surface area contributed by atoms with E-state index in [1.54, 1.807) is 0 Å². The van der Waals surface area contributed by atoms with Crippen LogP contribution < -0.4 is 10.1 Å². The first kappa shape index (κ1) is 17.6. The normalized spacial score (nSPS) is 15.0. The lowest BCUT2D eigenvalue weighted by Gasteiger charge is -2.36. The molecular formula is C19H24N4OS. The Morgan fingerprint density at radius 3 is 2.40 bits per heavy atom. The lowest BCUT2D eigenvalue weighted by atomic mass is 10.2. The molecule has 25 heavy (non-hydrogen) atoms. The zero-order chi connectivity index (χ0) is 17.5. The second-order valence-electron chi connectivity index (χ2n) is 6.01. The molecule has 0 radical (unpaired) electrons. The van der Waals surface area contributed by atoms with Crippen molar-refractivity contribution in [2.75, 3.05) is 38.1 Å². The SMILES string of the molecule is CCOc1ccc(NC(=S)N2CCN(Cc3ccncc3)CC2)cc1. The Bertz CT molecular complexity index is 670. The third-order valence-electron chi connectivity index (χ3n) is 4.23. The number of nitrogens with zero attached hydrogens (tertiary/aromatic N) is 3. The first-order chi connectivity index (χ1) is 12.2. The van der Waals surface area contributed by atoms with Gasteiger partial charge in [0.2, 0.25) is 0 Å². The van der Waals surface area contributed by atoms with Gasteiger partial charge in [-0.3, -0.25) is 9.88 Å². The first-order valence-corrected chi connectivity index (χ1v) is 9.05. The fraction of sp³-hybridized carbons (Fsp3) is 0.368. The summed E-state index contributed by atoms with van der Waals surface area (Å²) in [6.07, 6.45) is 3.70. The summed E-state index contributed by atoms with van der Waals surface area (Å²) < 4.78 is 5.46. The van der Waals surface area contributed by atoms with E-state index < -0.39 is 0 Å². The maximum Gasteiger partial charge on any atom is 0.173 e. The number of ether oxygens (including phenoxy) is 1. The number of anilines is 1. The maximum absolute atomic E-state index is 5.57. The smallest absolute Gasteiger partial charge is 0.173 e. The van der Waals surface area contributed by atoms with E-state index in [-0.39, 0.29) is 0 Å². The number of hydrogen-bond acceptors (Lipinski definition) is 4. The maximum atomic E-state index is 5.57. The fourth-order valence-electron chi connectivity index (χ4n) is 2.86. The zero-order valence-electron chi connectivity index (χ0n) is 14.5. The van der Waals surface area contributed by atoms with Gasteiger partial charge in [-0.05, 0) is 61.1 Å². The monoisotopic (exact) mass is 356 g/mol. The van der Waals surface area contributed by atoms with Crippen molar-refractivity contribution in [1.82, 2.24) is 14.8 Å². The summed E-state index contributed by atoms with van der Waals surface area (Å²) in [4.78, 5) is 8.75. The van der Waals surface area contributed by atoms with Gasteiger partial charge in [-0.1, -0.05) is 0 Å². The van der Waals surface area contributed by atoms with Crippen molar-refractivity contribution >= 4 is 23.0 Å². The average Bonchev–Trinajstić information content (AvgIpc) is 2.65. The van der Waals surface area contributed by atoms with Crippen molar-refractivity contribution in [3.63, 3.8) is 0 Å². The van der Waals surface area contributed by atoms with Crippen LogP contribution in [0, 0.1) is 0 Å². The van der Waals surface area contributed by atoms with Crippen molar-refractivity contribution in [1.29, 1.82) is 0 Å². The summed E-state index contributed by atoms with van der Waals surface area (Å²) >= 11 is 5.57. The molecule has 0 amide bonds. The minimum Gasteiger partial charge on any atom is -0.494 e. The van der Waals surface area contributed by atoms with Crippen LogP contribution >= 0.6 is 12.2 Å². The summed E-state index contributed by atoms with van der Waals surface area (Å²) in [6.45, 7) is 7.52. The van der Waals surface area contributed by atoms with Gasteiger partial charge in [0.25, 0.3) is 0 Å². The van der Waals surface area contributed by atoms with Crippen molar-refractivity contribution < 1.29 is 4.74 Å². The molecule has 0 bridgehead atoms. The van der Waals surface area contributed by atoms with Crippen molar-refractivity contribution in [3.8, 4) is 5.75 Å². The van der Waals surface area contributed by atoms with E-state index in [4.69, 9.17) is 17.0 Å². The zero-order valence-corrected chi connectivity index (χ0v) is 15.3. The largest absolute Gasteiger partial charge is 0.494 e. The van der Waals surface area contributed by atoms with Crippen LogP contribution in [0.15, 0.2) is 48.8 Å². The number of pyridine rings is 1. The number of hydrogen-bond donors (Lipinski definition) is 1. The van der Waals surface area contributed by atoms with Crippen LogP contribution in [0.3, 0.4) is 0 Å². The minimum absolute atomic E-state index is 0.676. The first-order valence-electron chi connectivity index (χ1n) is 8.64. The summed E-state index contributed by atoms with van der Waals surface area (Å²) in [7, 11) is 0. The Labute approximate surface area is 154 Å². The van der Waals surface area contributed by atoms with E-state index >= 15 is 0 Å². The van der Waals surface area contributed by atoms with Crippen molar-refractivity contribution in [2.45, 2.75) is 13.5 Å². The van der Waals surface area contributed by atoms with Crippen molar-refractivity contribution in [3.05, 3.63) is 54.4 Å². The highest BCUT2D eigenvalue weighted by atomic mass is 32.1. The van der Waals surface area contributed by atoms with Crippen LogP contribution in [0.4, 0.5) is 5.69 Å². The number of aromatic nitrogens is 1. The molecule has 1 fully saturated rings. The highest BCUT2D eigenvalue weighted by Crippen LogP contribution is 2.16. The minimum atomic E-state index is 0.676. The average molecular weight is 356 g/mol. The van der Waals surface area contributed by atoms with Gasteiger partial charge in [0.05, 0.1) is 6.61 Å². The third-order valence-corrected chi connectivity index (χ3v) is 4.59. The van der Waals surface area contributed by atoms with Crippen LogP contribution in [0.2, 0.25) is 0 Å². The molecule has 0 spiro atoms. The molecule has 1 aromatic carbocycles. The van der Waals surface area contributed by atoms with Gasteiger partial charge in [-0.15, -0.1) is 0 Å². The topological polar surface area (TPSA) is 40.6 Å². The van der Waals surface area contributed by atoms with Gasteiger partial charge in [-0.2, -0.15) is 0 Å². The predicted molar refractivity (Wildman–Crippen MR) is 105 cm³/mol. The highest BCUT2D eigenvalue weighted by Gasteiger charge is 2.19. The van der Waals surface area contributed by atoms with E-state index in [1.807, 2.05) is 43.6 Å². The fourth-order valence-corrected chi connectivity index (χ4v) is 3.16. The van der Waals surface area contributed by atoms with E-state index in [0.29, 0.717) is 6.61 Å². The van der Waals surface area contributed by atoms with Gasteiger partial charge < -0.3 is 15.0 Å². The van der Waals surface area contributed by atoms with Crippen LogP contribution in [0.5, 0.6) is 5.75 Å². The number of piperazine rings is 1. The molecule has 1 aromatic heterocycles. The van der Waals surface area contributed by atoms with Gasteiger partial charge >= 0.3 is 0 Å². The van der Waals surface area contributed by atoms with E-state index in [1.165, 1.54) is 5.56 Å². The molecule has 0 saturated carbocycles. The molecular weight excluding hydrogens is 332 g/mol. The van der Waals surface area contributed by atoms with Crippen LogP contribution in [0.1, 0.15) is 12.5 Å². The molecule has 5 nitrogen and oxygen atoms in total. The number of thiocarbonyl (C=S) groups is 1. The summed E-state index contributed by atoms with van der Waals surface area (Å²) in [6, 6.07) is 12.1. The summed E-state index contributed by atoms with van der Waals surface area (Å²) in [5.41, 5.74) is 2.30. The van der Waals surface area contributed by atoms with Crippen LogP contribution in [0.25, 0.3) is 0 Å². The Morgan fingerprint density at radius 1 is 1.08 bits per heavy atom. The summed E-state index contributed by atoms with van der Waals surface area (Å²) in [5.74, 6) is 0.878. The van der Waals surface area contributed by atoms with E-state index in [9.17, 15) is 0 Å². The third kappa shape index (κ3) is 5.14. The Morgan fingerprint density at radius 2 is 1.76 bits per heavy atom. The standard InChI is InChI=1S/C19H24N4OS/c1-2-24-18-5-3-17(4-6-18)21-19(25)23-13-11-22(12-14-23)15-16-7-9-20-10-8-16/h3-10H,2,11-15H2,1H3,(H,21,25). The molecule has 1 aliphatic heterocycles. The molecule has 0 atom stereocenters. The Hall–Kier alpha value is -2.18. The van der Waals surface area contributed by atoms with Crippen molar-refractivity contribution in [2.24, 2.45) is 0 Å². The second kappa shape index (κ2) is 8.78. The van der Waals surface area contributed by atoms with Gasteiger partial charge in [-0.25, -0.2) is 0 Å². The molecule has 3 rings (SSSR count). The molecule has 1 N–H and O–H groups in total. The van der Waals surface area contributed by atoms with E-state index in [2.05, 4.69) is 32.2 Å². The van der Waals surface area contributed by atoms with E-state index in [0.717, 1.165) is 49.3 Å². The highest BCUT2D eigenvalue weighted by molar-refractivity contribution is 7.80. The lowest BCUT2D eigenvalue weighted by Crippen LogP contribution is -2.49. The van der Waals surface area contributed by atoms with Gasteiger partial charge in [0, 0.05) is 50.8 Å². The Kier molecular flexibility index (Phi) is 6.19. The molecule has 6 heteroatoms. The molecule has 0 unspecified atom stereocenters. The predicted octanol–water partition coefficient (Wildman–Crippen LogP) is 2.99. The molecule has 1 saturated heterocycles. The summed E-state index contributed by atoms with van der Waals surface area (Å²) in [5, 5.41) is 4.11. The van der Waals surface area contributed by atoms with Crippen LogP contribution in [-0.2, 0) is 6.54 Å². The number of benzene rings is 1. The number of nitrogens with one attached hydrogen (secondary N) is 1. The molecule has 132 valence electrons.